The first-order valence-corrected chi connectivity index (χ1v) is 9.78. The summed E-state index contributed by atoms with van der Waals surface area (Å²) in [5.74, 6) is -0.593. The van der Waals surface area contributed by atoms with E-state index in [0.29, 0.717) is 23.0 Å². The molecule has 1 aliphatic rings. The average molecular weight is 395 g/mol. The lowest BCUT2D eigenvalue weighted by Gasteiger charge is -2.15. The van der Waals surface area contributed by atoms with E-state index in [1.54, 1.807) is 31.3 Å². The van der Waals surface area contributed by atoms with Gasteiger partial charge < -0.3 is 20.9 Å². The predicted octanol–water partition coefficient (Wildman–Crippen LogP) is 0.979. The lowest BCUT2D eigenvalue weighted by Crippen LogP contribution is -3.11. The summed E-state index contributed by atoms with van der Waals surface area (Å²) in [5, 5.41) is 8.56. The number of amides is 3. The molecule has 0 spiro atoms. The number of hydrogen-bond donors (Lipinski definition) is 4. The molecule has 3 amide bonds. The van der Waals surface area contributed by atoms with Gasteiger partial charge >= 0.3 is 0 Å². The second-order valence-corrected chi connectivity index (χ2v) is 7.57. The summed E-state index contributed by atoms with van der Waals surface area (Å²) in [4.78, 5) is 37.8. The van der Waals surface area contributed by atoms with Crippen molar-refractivity contribution in [1.82, 2.24) is 5.32 Å². The number of carbonyl (C=O) groups excluding carboxylic acids is 3. The van der Waals surface area contributed by atoms with Gasteiger partial charge in [0, 0.05) is 11.7 Å². The summed E-state index contributed by atoms with van der Waals surface area (Å²) >= 11 is 0. The summed E-state index contributed by atoms with van der Waals surface area (Å²) in [6, 6.07) is 14.7. The first-order valence-electron chi connectivity index (χ1n) is 9.78. The third-order valence-corrected chi connectivity index (χ3v) is 4.59. The molecule has 1 aliphatic carbocycles. The maximum absolute atomic E-state index is 12.7. The quantitative estimate of drug-likeness (QED) is 0.537. The largest absolute Gasteiger partial charge is 0.348 e. The summed E-state index contributed by atoms with van der Waals surface area (Å²) < 4.78 is 0. The molecule has 0 heterocycles. The summed E-state index contributed by atoms with van der Waals surface area (Å²) in [7, 11) is 1.79. The summed E-state index contributed by atoms with van der Waals surface area (Å²) in [6.45, 7) is 2.32. The van der Waals surface area contributed by atoms with E-state index in [0.717, 1.165) is 23.3 Å². The first-order chi connectivity index (χ1) is 13.9. The van der Waals surface area contributed by atoms with Crippen LogP contribution in [-0.2, 0) is 9.59 Å². The van der Waals surface area contributed by atoms with Crippen molar-refractivity contribution in [3.05, 3.63) is 59.7 Å². The fraction of sp³-hybridized carbons (Fsp3) is 0.318. The second-order valence-electron chi connectivity index (χ2n) is 7.57. The van der Waals surface area contributed by atoms with Crippen molar-refractivity contribution in [3.63, 3.8) is 0 Å². The van der Waals surface area contributed by atoms with Gasteiger partial charge in [0.25, 0.3) is 17.7 Å². The van der Waals surface area contributed by atoms with E-state index in [4.69, 9.17) is 0 Å². The Balaban J connectivity index is 1.58. The van der Waals surface area contributed by atoms with Gasteiger partial charge in [-0.2, -0.15) is 0 Å². The maximum Gasteiger partial charge on any atom is 0.279 e. The van der Waals surface area contributed by atoms with Crippen LogP contribution in [0.15, 0.2) is 48.5 Å². The molecule has 0 bridgehead atoms. The van der Waals surface area contributed by atoms with Crippen molar-refractivity contribution in [2.24, 2.45) is 0 Å². The van der Waals surface area contributed by atoms with Gasteiger partial charge in [-0.05, 0) is 49.6 Å². The van der Waals surface area contributed by atoms with Crippen LogP contribution in [0.4, 0.5) is 11.4 Å². The van der Waals surface area contributed by atoms with Gasteiger partial charge in [0.15, 0.2) is 13.1 Å². The minimum atomic E-state index is -0.295. The van der Waals surface area contributed by atoms with E-state index in [-0.39, 0.29) is 30.8 Å². The Morgan fingerprint density at radius 1 is 0.966 bits per heavy atom. The number of nitrogens with one attached hydrogen (secondary N) is 4. The number of benzene rings is 2. The van der Waals surface area contributed by atoms with Crippen LogP contribution in [0.2, 0.25) is 0 Å². The van der Waals surface area contributed by atoms with Crippen LogP contribution >= 0.6 is 0 Å². The van der Waals surface area contributed by atoms with Crippen LogP contribution < -0.4 is 20.9 Å². The molecule has 0 aromatic heterocycles. The van der Waals surface area contributed by atoms with Crippen molar-refractivity contribution >= 4 is 29.1 Å². The fourth-order valence-corrected chi connectivity index (χ4v) is 3.02. The number of para-hydroxylation sites is 1. The molecule has 0 aliphatic heterocycles. The molecule has 0 radical (unpaired) electrons. The fourth-order valence-electron chi connectivity index (χ4n) is 3.02. The van der Waals surface area contributed by atoms with Gasteiger partial charge in [-0.1, -0.05) is 24.3 Å². The topological polar surface area (TPSA) is 91.7 Å². The van der Waals surface area contributed by atoms with Crippen molar-refractivity contribution in [2.75, 3.05) is 30.8 Å². The zero-order valence-corrected chi connectivity index (χ0v) is 16.7. The van der Waals surface area contributed by atoms with E-state index in [1.165, 1.54) is 0 Å². The average Bonchev–Trinajstić information content (AvgIpc) is 3.45. The van der Waals surface area contributed by atoms with E-state index < -0.39 is 0 Å². The van der Waals surface area contributed by atoms with Crippen LogP contribution in [0.25, 0.3) is 0 Å². The molecule has 3 rings (SSSR count). The molecule has 7 heteroatoms. The Morgan fingerprint density at radius 3 is 2.41 bits per heavy atom. The van der Waals surface area contributed by atoms with Crippen LogP contribution in [0.5, 0.6) is 0 Å². The molecule has 2 aromatic rings. The number of carbonyl (C=O) groups is 3. The van der Waals surface area contributed by atoms with Crippen molar-refractivity contribution in [3.8, 4) is 0 Å². The highest BCUT2D eigenvalue weighted by molar-refractivity contribution is 6.10. The van der Waals surface area contributed by atoms with E-state index in [9.17, 15) is 14.4 Å². The predicted molar refractivity (Wildman–Crippen MR) is 112 cm³/mol. The van der Waals surface area contributed by atoms with Crippen LogP contribution in [0.3, 0.4) is 0 Å². The number of anilines is 2. The summed E-state index contributed by atoms with van der Waals surface area (Å²) in [5.41, 5.74) is 2.56. The minimum absolute atomic E-state index is 0.0456. The van der Waals surface area contributed by atoms with E-state index in [1.807, 2.05) is 31.2 Å². The van der Waals surface area contributed by atoms with Crippen molar-refractivity contribution in [1.29, 1.82) is 0 Å². The molecule has 0 saturated heterocycles. The highest BCUT2D eigenvalue weighted by Gasteiger charge is 2.25. The van der Waals surface area contributed by atoms with Crippen molar-refractivity contribution in [2.45, 2.75) is 25.8 Å². The number of likely N-dealkylation sites (N-methyl/N-ethyl adjacent to an activating group) is 1. The second kappa shape index (κ2) is 9.34. The number of aryl methyl sites for hydroxylation is 1. The third-order valence-electron chi connectivity index (χ3n) is 4.59. The smallest absolute Gasteiger partial charge is 0.279 e. The lowest BCUT2D eigenvalue weighted by atomic mass is 10.1. The minimum Gasteiger partial charge on any atom is -0.348 e. The molecule has 152 valence electrons. The zero-order valence-electron chi connectivity index (χ0n) is 16.7. The van der Waals surface area contributed by atoms with Crippen LogP contribution in [0.1, 0.15) is 28.8 Å². The molecular weight excluding hydrogens is 368 g/mol. The first kappa shape index (κ1) is 20.5. The maximum atomic E-state index is 12.7. The van der Waals surface area contributed by atoms with Crippen LogP contribution in [0, 0.1) is 6.92 Å². The molecule has 1 fully saturated rings. The number of hydrogen-bond acceptors (Lipinski definition) is 3. The Kier molecular flexibility index (Phi) is 6.61. The molecule has 4 N–H and O–H groups in total. The van der Waals surface area contributed by atoms with Gasteiger partial charge in [0.2, 0.25) is 0 Å². The lowest BCUT2D eigenvalue weighted by molar-refractivity contribution is -0.862. The number of rotatable bonds is 8. The Labute approximate surface area is 170 Å². The van der Waals surface area contributed by atoms with Crippen LogP contribution in [-0.4, -0.2) is 43.9 Å². The van der Waals surface area contributed by atoms with E-state index in [2.05, 4.69) is 16.0 Å². The Morgan fingerprint density at radius 2 is 1.69 bits per heavy atom. The molecule has 29 heavy (non-hydrogen) atoms. The molecular formula is C22H27N4O3+. The third kappa shape index (κ3) is 6.43. The highest BCUT2D eigenvalue weighted by atomic mass is 16.2. The summed E-state index contributed by atoms with van der Waals surface area (Å²) in [6.07, 6.45) is 2.07. The Bertz CT molecular complexity index is 908. The molecule has 7 nitrogen and oxygen atoms in total. The van der Waals surface area contributed by atoms with Crippen molar-refractivity contribution < 1.29 is 19.3 Å². The molecule has 2 aromatic carbocycles. The normalized spacial score (nSPS) is 14.0. The van der Waals surface area contributed by atoms with Gasteiger partial charge in [0.05, 0.1) is 18.3 Å². The monoisotopic (exact) mass is 395 g/mol. The molecule has 1 atom stereocenters. The molecule has 1 unspecified atom stereocenters. The standard InChI is InChI=1S/C22H26N4O3/c1-15-6-5-7-17(12-15)24-22(29)18-8-3-4-9-19(18)25-21(28)14-26(2)13-20(27)23-16-10-11-16/h3-9,12,16H,10-11,13-14H2,1-2H3,(H,23,27)(H,24,29)(H,25,28)/p+1. The SMILES string of the molecule is Cc1cccc(NC(=O)c2ccccc2NC(=O)C[NH+](C)CC(=O)NC2CC2)c1. The zero-order chi connectivity index (χ0) is 20.8. The van der Waals surface area contributed by atoms with Gasteiger partial charge in [-0.25, -0.2) is 0 Å². The van der Waals surface area contributed by atoms with Gasteiger partial charge in [0.1, 0.15) is 0 Å². The Hall–Kier alpha value is -3.19. The number of quaternary nitrogens is 1. The highest BCUT2D eigenvalue weighted by Crippen LogP contribution is 2.18. The van der Waals surface area contributed by atoms with Gasteiger partial charge in [-0.3, -0.25) is 14.4 Å². The molecule has 1 saturated carbocycles. The van der Waals surface area contributed by atoms with E-state index >= 15 is 0 Å². The van der Waals surface area contributed by atoms with Gasteiger partial charge in [-0.15, -0.1) is 0 Å².